The van der Waals surface area contributed by atoms with Crippen molar-refractivity contribution in [3.63, 3.8) is 0 Å². The standard InChI is InChI=1S/C28H43NO/c1-28-19-11-15-25(28)24-18-17-21-12-9-10-14-23(21)27(24)22(20-28)13-7-5-3-2-4-6-8-16-26(29)30/h9-10,12,14,22,24-25,27H,2-8,11,13,15-20H2,1H3,(H2,29,30)/t22-,24-,25-,27+,28-/m0/s1. The van der Waals surface area contributed by atoms with Gasteiger partial charge in [0.2, 0.25) is 5.91 Å². The van der Waals surface area contributed by atoms with Crippen LogP contribution >= 0.6 is 0 Å². The van der Waals surface area contributed by atoms with Gasteiger partial charge in [-0.25, -0.2) is 0 Å². The van der Waals surface area contributed by atoms with Gasteiger partial charge in [0.15, 0.2) is 0 Å². The third kappa shape index (κ3) is 4.78. The molecular weight excluding hydrogens is 366 g/mol. The monoisotopic (exact) mass is 409 g/mol. The molecule has 3 aliphatic carbocycles. The number of carbonyl (C=O) groups is 1. The van der Waals surface area contributed by atoms with Crippen LogP contribution in [0.3, 0.4) is 0 Å². The Balaban J connectivity index is 1.31. The number of hydrogen-bond donors (Lipinski definition) is 1. The Labute approximate surface area is 184 Å². The van der Waals surface area contributed by atoms with Gasteiger partial charge in [-0.3, -0.25) is 4.79 Å². The van der Waals surface area contributed by atoms with Crippen LogP contribution in [0.25, 0.3) is 0 Å². The molecule has 0 aromatic heterocycles. The van der Waals surface area contributed by atoms with Crippen molar-refractivity contribution in [1.29, 1.82) is 0 Å². The third-order valence-electron chi connectivity index (χ3n) is 9.03. The molecule has 2 N–H and O–H groups in total. The van der Waals surface area contributed by atoms with E-state index in [1.54, 1.807) is 11.1 Å². The average molecular weight is 410 g/mol. The molecule has 3 aliphatic rings. The predicted octanol–water partition coefficient (Wildman–Crippen LogP) is 7.16. The summed E-state index contributed by atoms with van der Waals surface area (Å²) in [5.74, 6) is 3.50. The Morgan fingerprint density at radius 3 is 2.57 bits per heavy atom. The molecule has 2 heteroatoms. The highest BCUT2D eigenvalue weighted by Crippen LogP contribution is 2.63. The first-order chi connectivity index (χ1) is 14.6. The van der Waals surface area contributed by atoms with Gasteiger partial charge in [0.25, 0.3) is 0 Å². The van der Waals surface area contributed by atoms with Gasteiger partial charge in [-0.1, -0.05) is 76.1 Å². The zero-order chi connectivity index (χ0) is 21.0. The van der Waals surface area contributed by atoms with Crippen LogP contribution in [0.1, 0.15) is 114 Å². The smallest absolute Gasteiger partial charge is 0.217 e. The van der Waals surface area contributed by atoms with E-state index in [2.05, 4.69) is 31.2 Å². The summed E-state index contributed by atoms with van der Waals surface area (Å²) in [5.41, 5.74) is 9.22. The fraction of sp³-hybridized carbons (Fsp3) is 0.750. The maximum absolute atomic E-state index is 10.8. The highest BCUT2D eigenvalue weighted by atomic mass is 16.1. The lowest BCUT2D eigenvalue weighted by atomic mass is 9.51. The van der Waals surface area contributed by atoms with Crippen LogP contribution < -0.4 is 5.73 Å². The minimum absolute atomic E-state index is 0.150. The molecule has 1 aromatic rings. The molecule has 30 heavy (non-hydrogen) atoms. The van der Waals surface area contributed by atoms with E-state index in [9.17, 15) is 4.79 Å². The Hall–Kier alpha value is -1.31. The molecule has 166 valence electrons. The molecule has 0 heterocycles. The minimum atomic E-state index is -0.150. The van der Waals surface area contributed by atoms with E-state index >= 15 is 0 Å². The van der Waals surface area contributed by atoms with E-state index in [-0.39, 0.29) is 5.91 Å². The Bertz CT molecular complexity index is 712. The lowest BCUT2D eigenvalue weighted by Gasteiger charge is -2.53. The molecular formula is C28H43NO. The molecule has 2 fully saturated rings. The molecule has 2 nitrogen and oxygen atoms in total. The molecule has 0 saturated heterocycles. The highest BCUT2D eigenvalue weighted by molar-refractivity contribution is 5.73. The number of amides is 1. The Morgan fingerprint density at radius 2 is 1.77 bits per heavy atom. The van der Waals surface area contributed by atoms with Crippen molar-refractivity contribution in [3.8, 4) is 0 Å². The quantitative estimate of drug-likeness (QED) is 0.409. The first kappa shape index (κ1) is 21.9. The summed E-state index contributed by atoms with van der Waals surface area (Å²) in [4.78, 5) is 10.8. The van der Waals surface area contributed by atoms with Crippen LogP contribution in [0.2, 0.25) is 0 Å². The van der Waals surface area contributed by atoms with E-state index in [0.717, 1.165) is 36.5 Å². The molecule has 4 rings (SSSR count). The molecule has 0 unspecified atom stereocenters. The lowest BCUT2D eigenvalue weighted by Crippen LogP contribution is -2.44. The summed E-state index contributed by atoms with van der Waals surface area (Å²) < 4.78 is 0. The van der Waals surface area contributed by atoms with Crippen LogP contribution in [0, 0.1) is 23.2 Å². The molecule has 2 saturated carbocycles. The zero-order valence-corrected chi connectivity index (χ0v) is 19.2. The van der Waals surface area contributed by atoms with Gasteiger partial charge in [0.1, 0.15) is 0 Å². The van der Waals surface area contributed by atoms with Crippen LogP contribution in [-0.2, 0) is 11.2 Å². The van der Waals surface area contributed by atoms with E-state index in [1.165, 1.54) is 77.0 Å². The number of fused-ring (bicyclic) bond motifs is 5. The van der Waals surface area contributed by atoms with Gasteiger partial charge in [-0.2, -0.15) is 0 Å². The molecule has 1 aromatic carbocycles. The van der Waals surface area contributed by atoms with E-state index in [0.29, 0.717) is 11.8 Å². The summed E-state index contributed by atoms with van der Waals surface area (Å²) in [6, 6.07) is 9.42. The SMILES string of the molecule is C[C@@]12CCC[C@H]1[C@@H]1CCc3ccccc3[C@H]1[C@@H](CCCCCCCCCC(N)=O)C2. The van der Waals surface area contributed by atoms with Crippen molar-refractivity contribution in [2.75, 3.05) is 0 Å². The van der Waals surface area contributed by atoms with Crippen molar-refractivity contribution in [2.45, 2.75) is 109 Å². The largest absolute Gasteiger partial charge is 0.370 e. The summed E-state index contributed by atoms with van der Waals surface area (Å²) >= 11 is 0. The topological polar surface area (TPSA) is 43.1 Å². The second-order valence-corrected chi connectivity index (χ2v) is 11.0. The first-order valence-electron chi connectivity index (χ1n) is 12.9. The van der Waals surface area contributed by atoms with E-state index < -0.39 is 0 Å². The average Bonchev–Trinajstić information content (AvgIpc) is 3.13. The first-order valence-corrected chi connectivity index (χ1v) is 12.9. The van der Waals surface area contributed by atoms with Gasteiger partial charge in [-0.15, -0.1) is 0 Å². The number of aryl methyl sites for hydroxylation is 1. The molecule has 5 atom stereocenters. The number of unbranched alkanes of at least 4 members (excludes halogenated alkanes) is 6. The number of rotatable bonds is 10. The van der Waals surface area contributed by atoms with Crippen molar-refractivity contribution in [2.24, 2.45) is 28.9 Å². The molecule has 0 bridgehead atoms. The fourth-order valence-electron chi connectivity index (χ4n) is 7.72. The third-order valence-corrected chi connectivity index (χ3v) is 9.03. The van der Waals surface area contributed by atoms with Crippen molar-refractivity contribution >= 4 is 5.91 Å². The summed E-state index contributed by atoms with van der Waals surface area (Å²) in [6.45, 7) is 2.64. The second-order valence-electron chi connectivity index (χ2n) is 11.0. The molecule has 0 aliphatic heterocycles. The van der Waals surface area contributed by atoms with E-state index in [4.69, 9.17) is 5.73 Å². The fourth-order valence-corrected chi connectivity index (χ4v) is 7.72. The summed E-state index contributed by atoms with van der Waals surface area (Å²) in [6.07, 6.45) is 19.5. The summed E-state index contributed by atoms with van der Waals surface area (Å²) in [7, 11) is 0. The highest BCUT2D eigenvalue weighted by Gasteiger charge is 2.53. The maximum atomic E-state index is 10.8. The number of benzene rings is 1. The number of hydrogen-bond acceptors (Lipinski definition) is 1. The number of nitrogens with two attached hydrogens (primary N) is 1. The number of carbonyl (C=O) groups excluding carboxylic acids is 1. The number of primary amides is 1. The van der Waals surface area contributed by atoms with Gasteiger partial charge in [0.05, 0.1) is 0 Å². The lowest BCUT2D eigenvalue weighted by molar-refractivity contribution is -0.118. The van der Waals surface area contributed by atoms with Crippen LogP contribution in [0.5, 0.6) is 0 Å². The Kier molecular flexibility index (Phi) is 7.21. The van der Waals surface area contributed by atoms with Crippen LogP contribution in [0.15, 0.2) is 24.3 Å². The van der Waals surface area contributed by atoms with Crippen molar-refractivity contribution in [3.05, 3.63) is 35.4 Å². The van der Waals surface area contributed by atoms with Crippen LogP contribution in [-0.4, -0.2) is 5.91 Å². The second kappa shape index (κ2) is 9.88. The van der Waals surface area contributed by atoms with Crippen molar-refractivity contribution < 1.29 is 4.79 Å². The van der Waals surface area contributed by atoms with Gasteiger partial charge in [-0.05, 0) is 85.2 Å². The van der Waals surface area contributed by atoms with Crippen molar-refractivity contribution in [1.82, 2.24) is 0 Å². The molecule has 0 radical (unpaired) electrons. The predicted molar refractivity (Wildman–Crippen MR) is 125 cm³/mol. The van der Waals surface area contributed by atoms with E-state index in [1.807, 2.05) is 0 Å². The normalized spacial score (nSPS) is 32.3. The molecule has 1 amide bonds. The Morgan fingerprint density at radius 1 is 1.03 bits per heavy atom. The van der Waals surface area contributed by atoms with Gasteiger partial charge < -0.3 is 5.73 Å². The summed E-state index contributed by atoms with van der Waals surface area (Å²) in [5, 5.41) is 0. The van der Waals surface area contributed by atoms with Gasteiger partial charge >= 0.3 is 0 Å². The minimum Gasteiger partial charge on any atom is -0.370 e. The zero-order valence-electron chi connectivity index (χ0n) is 19.2. The maximum Gasteiger partial charge on any atom is 0.217 e. The van der Waals surface area contributed by atoms with Gasteiger partial charge in [0, 0.05) is 6.42 Å². The molecule has 0 spiro atoms. The van der Waals surface area contributed by atoms with Crippen LogP contribution in [0.4, 0.5) is 0 Å².